The van der Waals surface area contributed by atoms with Crippen LogP contribution in [0.25, 0.3) is 99.1 Å². The first kappa shape index (κ1) is 30.5. The van der Waals surface area contributed by atoms with E-state index >= 15 is 0 Å². The number of rotatable bonds is 5. The summed E-state index contributed by atoms with van der Waals surface area (Å²) in [4.78, 5) is 0. The first-order valence-corrected chi connectivity index (χ1v) is 18.6. The van der Waals surface area contributed by atoms with Gasteiger partial charge in [0.05, 0.1) is 22.1 Å². The van der Waals surface area contributed by atoms with Gasteiger partial charge in [-0.3, -0.25) is 0 Å². The van der Waals surface area contributed by atoms with Gasteiger partial charge in [-0.25, -0.2) is 0 Å². The molecule has 11 aromatic rings. The molecule has 0 unspecified atom stereocenters. The molecule has 0 radical (unpaired) electrons. The van der Waals surface area contributed by atoms with Crippen molar-refractivity contribution in [3.63, 3.8) is 0 Å². The van der Waals surface area contributed by atoms with Crippen molar-refractivity contribution in [2.24, 2.45) is 0 Å². The molecule has 11 rings (SSSR count). The predicted molar refractivity (Wildman–Crippen MR) is 229 cm³/mol. The zero-order valence-electron chi connectivity index (χ0n) is 29.5. The van der Waals surface area contributed by atoms with Crippen LogP contribution in [-0.4, -0.2) is 9.13 Å². The third-order valence-electron chi connectivity index (χ3n) is 11.0. The van der Waals surface area contributed by atoms with Gasteiger partial charge < -0.3 is 9.13 Å². The van der Waals surface area contributed by atoms with E-state index in [-0.39, 0.29) is 0 Å². The molecule has 0 aliphatic heterocycles. The molecule has 0 spiro atoms. The van der Waals surface area contributed by atoms with Crippen LogP contribution in [0.4, 0.5) is 0 Å². The number of benzene rings is 9. The van der Waals surface area contributed by atoms with Crippen LogP contribution in [0.1, 0.15) is 0 Å². The fourth-order valence-corrected chi connectivity index (χ4v) is 8.59. The van der Waals surface area contributed by atoms with Crippen molar-refractivity contribution in [3.05, 3.63) is 206 Å². The zero-order chi connectivity index (χ0) is 35.6. The van der Waals surface area contributed by atoms with Crippen molar-refractivity contribution in [2.75, 3.05) is 0 Å². The van der Waals surface area contributed by atoms with E-state index in [9.17, 15) is 0 Å². The van der Waals surface area contributed by atoms with Gasteiger partial charge in [-0.1, -0.05) is 133 Å². The van der Waals surface area contributed by atoms with Crippen molar-refractivity contribution in [2.45, 2.75) is 0 Å². The van der Waals surface area contributed by atoms with Gasteiger partial charge in [0.2, 0.25) is 0 Å². The summed E-state index contributed by atoms with van der Waals surface area (Å²) in [5.41, 5.74) is 14.4. The van der Waals surface area contributed by atoms with Crippen LogP contribution in [-0.2, 0) is 0 Å². The predicted octanol–water partition coefficient (Wildman–Crippen LogP) is 14.0. The highest BCUT2D eigenvalue weighted by Gasteiger charge is 2.20. The SMILES string of the molecule is c1ccc(-c2cc(-c3ccccc3)cc(-c3ccc4ccc(-n5c6ccccc6c6c7c8ccccc8n(-c8ccccc8)c7ccc65)cc4c3)c2)cc1. The van der Waals surface area contributed by atoms with Crippen molar-refractivity contribution < 1.29 is 0 Å². The normalized spacial score (nSPS) is 11.7. The Morgan fingerprint density at radius 3 is 1.28 bits per heavy atom. The van der Waals surface area contributed by atoms with E-state index in [0.29, 0.717) is 0 Å². The van der Waals surface area contributed by atoms with Crippen LogP contribution in [0.3, 0.4) is 0 Å². The molecule has 252 valence electrons. The molecule has 0 saturated carbocycles. The van der Waals surface area contributed by atoms with Gasteiger partial charge in [0.25, 0.3) is 0 Å². The Bertz CT molecular complexity index is 3130. The second kappa shape index (κ2) is 12.2. The molecule has 0 atom stereocenters. The number of hydrogen-bond acceptors (Lipinski definition) is 0. The van der Waals surface area contributed by atoms with Crippen LogP contribution >= 0.6 is 0 Å². The Labute approximate surface area is 313 Å². The first-order valence-electron chi connectivity index (χ1n) is 18.6. The summed E-state index contributed by atoms with van der Waals surface area (Å²) in [7, 11) is 0. The summed E-state index contributed by atoms with van der Waals surface area (Å²) < 4.78 is 4.86. The van der Waals surface area contributed by atoms with Crippen LogP contribution in [0, 0.1) is 0 Å². The third kappa shape index (κ3) is 4.81. The topological polar surface area (TPSA) is 9.86 Å². The fraction of sp³-hybridized carbons (Fsp3) is 0. The monoisotopic (exact) mass is 686 g/mol. The molecule has 0 amide bonds. The summed E-state index contributed by atoms with van der Waals surface area (Å²) in [6.45, 7) is 0. The smallest absolute Gasteiger partial charge is 0.0548 e. The summed E-state index contributed by atoms with van der Waals surface area (Å²) in [6, 6.07) is 75.2. The van der Waals surface area contributed by atoms with E-state index in [0.717, 1.165) is 5.69 Å². The van der Waals surface area contributed by atoms with Gasteiger partial charge in [-0.15, -0.1) is 0 Å². The molecule has 0 fully saturated rings. The molecule has 0 saturated heterocycles. The highest BCUT2D eigenvalue weighted by atomic mass is 15.0. The lowest BCUT2D eigenvalue weighted by atomic mass is 9.92. The lowest BCUT2D eigenvalue weighted by molar-refractivity contribution is 1.17. The number of nitrogens with zero attached hydrogens (tertiary/aromatic N) is 2. The largest absolute Gasteiger partial charge is 0.309 e. The molecule has 2 heterocycles. The molecular weight excluding hydrogens is 653 g/mol. The van der Waals surface area contributed by atoms with E-state index in [2.05, 4.69) is 215 Å². The summed E-state index contributed by atoms with van der Waals surface area (Å²) in [5, 5.41) is 7.53. The van der Waals surface area contributed by atoms with Crippen molar-refractivity contribution in [1.82, 2.24) is 9.13 Å². The second-order valence-electron chi connectivity index (χ2n) is 14.2. The van der Waals surface area contributed by atoms with E-state index in [1.807, 2.05) is 0 Å². The number of para-hydroxylation sites is 3. The fourth-order valence-electron chi connectivity index (χ4n) is 8.59. The van der Waals surface area contributed by atoms with E-state index in [4.69, 9.17) is 0 Å². The van der Waals surface area contributed by atoms with Crippen molar-refractivity contribution >= 4 is 54.4 Å². The minimum Gasteiger partial charge on any atom is -0.309 e. The van der Waals surface area contributed by atoms with E-state index < -0.39 is 0 Å². The van der Waals surface area contributed by atoms with E-state index in [1.165, 1.54) is 93.5 Å². The van der Waals surface area contributed by atoms with Crippen molar-refractivity contribution in [3.8, 4) is 44.8 Å². The Balaban J connectivity index is 1.12. The molecule has 0 bridgehead atoms. The molecule has 54 heavy (non-hydrogen) atoms. The molecule has 0 N–H and O–H groups in total. The van der Waals surface area contributed by atoms with Gasteiger partial charge in [0, 0.05) is 32.9 Å². The van der Waals surface area contributed by atoms with Crippen LogP contribution in [0.15, 0.2) is 206 Å². The minimum atomic E-state index is 1.15. The molecular formula is C52H34N2. The Hall–Kier alpha value is -7.16. The molecule has 0 aliphatic rings. The average Bonchev–Trinajstić information content (AvgIpc) is 3.77. The summed E-state index contributed by atoms with van der Waals surface area (Å²) in [5.74, 6) is 0. The summed E-state index contributed by atoms with van der Waals surface area (Å²) >= 11 is 0. The average molecular weight is 687 g/mol. The second-order valence-corrected chi connectivity index (χ2v) is 14.2. The van der Waals surface area contributed by atoms with Gasteiger partial charge in [-0.05, 0) is 117 Å². The minimum absolute atomic E-state index is 1.15. The quantitative estimate of drug-likeness (QED) is 0.171. The number of fused-ring (bicyclic) bond motifs is 8. The zero-order valence-corrected chi connectivity index (χ0v) is 29.5. The van der Waals surface area contributed by atoms with Gasteiger partial charge >= 0.3 is 0 Å². The van der Waals surface area contributed by atoms with Crippen molar-refractivity contribution in [1.29, 1.82) is 0 Å². The molecule has 0 aliphatic carbocycles. The number of aromatic nitrogens is 2. The Morgan fingerprint density at radius 2 is 0.704 bits per heavy atom. The van der Waals surface area contributed by atoms with Crippen LogP contribution < -0.4 is 0 Å². The standard InChI is InChI=1S/C52H34N2/c1-4-14-35(15-5-1)39-31-40(36-16-6-2-7-17-36)33-41(32-39)38-25-24-37-26-27-44(34-42(37)30-38)54-48-23-13-11-21-46(48)52-50(54)29-28-49-51(52)45-20-10-12-22-47(45)53(49)43-18-8-3-9-19-43/h1-34H. The maximum absolute atomic E-state index is 2.45. The molecule has 2 aromatic heterocycles. The van der Waals surface area contributed by atoms with E-state index in [1.54, 1.807) is 0 Å². The van der Waals surface area contributed by atoms with Crippen LogP contribution in [0.2, 0.25) is 0 Å². The lowest BCUT2D eigenvalue weighted by Gasteiger charge is -2.13. The third-order valence-corrected chi connectivity index (χ3v) is 11.0. The number of hydrogen-bond donors (Lipinski definition) is 0. The maximum Gasteiger partial charge on any atom is 0.0548 e. The maximum atomic E-state index is 2.45. The Kier molecular flexibility index (Phi) is 6.90. The molecule has 2 heteroatoms. The Morgan fingerprint density at radius 1 is 0.241 bits per heavy atom. The van der Waals surface area contributed by atoms with Gasteiger partial charge in [0.1, 0.15) is 0 Å². The highest BCUT2D eigenvalue weighted by Crippen LogP contribution is 2.43. The lowest BCUT2D eigenvalue weighted by Crippen LogP contribution is -1.95. The molecule has 2 nitrogen and oxygen atoms in total. The van der Waals surface area contributed by atoms with Crippen LogP contribution in [0.5, 0.6) is 0 Å². The summed E-state index contributed by atoms with van der Waals surface area (Å²) in [6.07, 6.45) is 0. The first-order chi connectivity index (χ1) is 26.8. The van der Waals surface area contributed by atoms with Gasteiger partial charge in [0.15, 0.2) is 0 Å². The van der Waals surface area contributed by atoms with Gasteiger partial charge in [-0.2, -0.15) is 0 Å². The highest BCUT2D eigenvalue weighted by molar-refractivity contribution is 6.29. The molecule has 9 aromatic carbocycles.